The minimum atomic E-state index is -3.94. The maximum atomic E-state index is 12.4. The molecule has 0 spiro atoms. The van der Waals surface area contributed by atoms with E-state index in [4.69, 9.17) is 15.2 Å². The summed E-state index contributed by atoms with van der Waals surface area (Å²) in [4.78, 5) is 22.7. The van der Waals surface area contributed by atoms with Gasteiger partial charge in [-0.05, 0) is 36.6 Å². The number of carbonyl (C=O) groups is 2. The van der Waals surface area contributed by atoms with Gasteiger partial charge in [0.1, 0.15) is 11.8 Å². The van der Waals surface area contributed by atoms with Crippen LogP contribution in [0.4, 0.5) is 0 Å². The number of methoxy groups -OCH3 is 1. The van der Waals surface area contributed by atoms with E-state index in [0.717, 1.165) is 0 Å². The van der Waals surface area contributed by atoms with Crippen molar-refractivity contribution in [1.29, 1.82) is 0 Å². The lowest BCUT2D eigenvalue weighted by atomic mass is 10.1. The van der Waals surface area contributed by atoms with Crippen LogP contribution in [0, 0.1) is 5.92 Å². The van der Waals surface area contributed by atoms with E-state index in [1.54, 1.807) is 0 Å². The molecule has 0 aliphatic rings. The van der Waals surface area contributed by atoms with Crippen molar-refractivity contribution in [2.24, 2.45) is 11.7 Å². The van der Waals surface area contributed by atoms with Crippen LogP contribution in [0.1, 0.15) is 20.3 Å². The largest absolute Gasteiger partial charge is 0.497 e. The van der Waals surface area contributed by atoms with E-state index >= 15 is 0 Å². The zero-order chi connectivity index (χ0) is 18.3. The molecule has 8 nitrogen and oxygen atoms in total. The minimum Gasteiger partial charge on any atom is -0.497 e. The Bertz CT molecular complexity index is 670. The Kier molecular flexibility index (Phi) is 7.18. The van der Waals surface area contributed by atoms with E-state index in [9.17, 15) is 18.0 Å². The van der Waals surface area contributed by atoms with E-state index in [-0.39, 0.29) is 17.2 Å². The topological polar surface area (TPSA) is 125 Å². The molecule has 134 valence electrons. The smallest absolute Gasteiger partial charge is 0.324 e. The van der Waals surface area contributed by atoms with Crippen LogP contribution in [-0.2, 0) is 24.3 Å². The van der Waals surface area contributed by atoms with Crippen LogP contribution in [0.25, 0.3) is 0 Å². The zero-order valence-corrected chi connectivity index (χ0v) is 14.6. The molecule has 0 aliphatic carbocycles. The Morgan fingerprint density at radius 3 is 2.25 bits per heavy atom. The fourth-order valence-corrected chi connectivity index (χ4v) is 3.11. The average molecular weight is 358 g/mol. The van der Waals surface area contributed by atoms with Crippen LogP contribution >= 0.6 is 0 Å². The lowest BCUT2D eigenvalue weighted by Crippen LogP contribution is -2.43. The molecular formula is C15H22N2O6S. The number of hydrogen-bond acceptors (Lipinski definition) is 6. The van der Waals surface area contributed by atoms with E-state index in [2.05, 4.69) is 4.72 Å². The number of nitrogens with two attached hydrogens (primary N) is 1. The van der Waals surface area contributed by atoms with Crippen molar-refractivity contribution in [3.8, 4) is 5.75 Å². The summed E-state index contributed by atoms with van der Waals surface area (Å²) < 4.78 is 36.8. The van der Waals surface area contributed by atoms with Gasteiger partial charge < -0.3 is 15.2 Å². The Morgan fingerprint density at radius 2 is 1.79 bits per heavy atom. The van der Waals surface area contributed by atoms with Crippen LogP contribution in [0.3, 0.4) is 0 Å². The van der Waals surface area contributed by atoms with Gasteiger partial charge >= 0.3 is 5.97 Å². The molecule has 0 heterocycles. The molecule has 1 aromatic rings. The van der Waals surface area contributed by atoms with Crippen LogP contribution in [0.5, 0.6) is 5.75 Å². The lowest BCUT2D eigenvalue weighted by molar-refractivity contribution is -0.149. The second-order valence-electron chi connectivity index (χ2n) is 5.55. The van der Waals surface area contributed by atoms with Crippen LogP contribution in [-0.4, -0.2) is 40.1 Å². The number of sulfonamides is 1. The van der Waals surface area contributed by atoms with Crippen LogP contribution < -0.4 is 15.2 Å². The fourth-order valence-electron chi connectivity index (χ4n) is 1.92. The molecule has 0 aromatic heterocycles. The SMILES string of the molecule is COc1ccc(S(=O)(=O)N[C@H](CC(C)C)C(=O)OCC(N)=O)cc1. The highest BCUT2D eigenvalue weighted by Crippen LogP contribution is 2.17. The summed E-state index contributed by atoms with van der Waals surface area (Å²) in [6.45, 7) is 3.06. The molecule has 1 amide bonds. The second kappa shape index (κ2) is 8.65. The van der Waals surface area contributed by atoms with Crippen molar-refractivity contribution < 1.29 is 27.5 Å². The van der Waals surface area contributed by atoms with E-state index in [1.165, 1.54) is 31.4 Å². The van der Waals surface area contributed by atoms with Crippen molar-refractivity contribution in [3.05, 3.63) is 24.3 Å². The molecule has 0 aliphatic heterocycles. The number of nitrogens with one attached hydrogen (secondary N) is 1. The number of benzene rings is 1. The summed E-state index contributed by atoms with van der Waals surface area (Å²) in [7, 11) is -2.47. The van der Waals surface area contributed by atoms with Gasteiger partial charge in [-0.15, -0.1) is 0 Å². The first-order valence-corrected chi connectivity index (χ1v) is 8.75. The quantitative estimate of drug-likeness (QED) is 0.616. The highest BCUT2D eigenvalue weighted by atomic mass is 32.2. The number of hydrogen-bond donors (Lipinski definition) is 2. The predicted octanol–water partition coefficient (Wildman–Crippen LogP) is 0.417. The van der Waals surface area contributed by atoms with Crippen molar-refractivity contribution in [3.63, 3.8) is 0 Å². The van der Waals surface area contributed by atoms with Crippen LogP contribution in [0.15, 0.2) is 29.2 Å². The second-order valence-corrected chi connectivity index (χ2v) is 7.27. The van der Waals surface area contributed by atoms with Crippen molar-refractivity contribution in [2.45, 2.75) is 31.2 Å². The molecule has 0 fully saturated rings. The average Bonchev–Trinajstić information content (AvgIpc) is 2.51. The Labute approximate surface area is 141 Å². The highest BCUT2D eigenvalue weighted by Gasteiger charge is 2.28. The molecule has 24 heavy (non-hydrogen) atoms. The summed E-state index contributed by atoms with van der Waals surface area (Å²) in [6.07, 6.45) is 0.215. The number of carbonyl (C=O) groups excluding carboxylic acids is 2. The van der Waals surface area contributed by atoms with Gasteiger partial charge in [0.15, 0.2) is 6.61 Å². The Morgan fingerprint density at radius 1 is 1.21 bits per heavy atom. The van der Waals surface area contributed by atoms with Gasteiger partial charge in [-0.3, -0.25) is 9.59 Å². The number of primary amides is 1. The summed E-state index contributed by atoms with van der Waals surface area (Å²) in [6, 6.07) is 4.61. The molecule has 9 heteroatoms. The van der Waals surface area contributed by atoms with Gasteiger partial charge in [-0.25, -0.2) is 8.42 Å². The first-order chi connectivity index (χ1) is 11.2. The molecule has 0 bridgehead atoms. The van der Waals surface area contributed by atoms with E-state index in [1.807, 2.05) is 13.8 Å². The summed E-state index contributed by atoms with van der Waals surface area (Å²) in [5.41, 5.74) is 4.92. The standard InChI is InChI=1S/C15H22N2O6S/c1-10(2)8-13(15(19)23-9-14(16)18)17-24(20,21)12-6-4-11(22-3)5-7-12/h4-7,10,13,17H,8-9H2,1-3H3,(H2,16,18)/t13-/m1/s1. The maximum absolute atomic E-state index is 12.4. The van der Waals surface area contributed by atoms with E-state index < -0.39 is 34.5 Å². The molecule has 1 rings (SSSR count). The molecule has 3 N–H and O–H groups in total. The lowest BCUT2D eigenvalue weighted by Gasteiger charge is -2.19. The molecule has 1 aromatic carbocycles. The van der Waals surface area contributed by atoms with E-state index in [0.29, 0.717) is 5.75 Å². The minimum absolute atomic E-state index is 0.0141. The van der Waals surface area contributed by atoms with Gasteiger partial charge in [-0.1, -0.05) is 13.8 Å². The number of ether oxygens (including phenoxy) is 2. The first kappa shape index (κ1) is 19.9. The molecule has 0 saturated heterocycles. The number of rotatable bonds is 9. The normalized spacial score (nSPS) is 12.7. The Hall–Kier alpha value is -2.13. The van der Waals surface area contributed by atoms with Crippen molar-refractivity contribution >= 4 is 21.9 Å². The third-order valence-corrected chi connectivity index (χ3v) is 4.50. The maximum Gasteiger partial charge on any atom is 0.324 e. The Balaban J connectivity index is 2.93. The van der Waals surface area contributed by atoms with Gasteiger partial charge in [-0.2, -0.15) is 4.72 Å². The van der Waals surface area contributed by atoms with Gasteiger partial charge in [0, 0.05) is 0 Å². The summed E-state index contributed by atoms with van der Waals surface area (Å²) in [5, 5.41) is 0. The third kappa shape index (κ3) is 6.17. The molecule has 0 radical (unpaired) electrons. The van der Waals surface area contributed by atoms with Crippen molar-refractivity contribution in [1.82, 2.24) is 4.72 Å². The molecule has 0 saturated carbocycles. The first-order valence-electron chi connectivity index (χ1n) is 7.27. The predicted molar refractivity (Wildman–Crippen MR) is 86.7 cm³/mol. The summed E-state index contributed by atoms with van der Waals surface area (Å²) >= 11 is 0. The molecular weight excluding hydrogens is 336 g/mol. The third-order valence-electron chi connectivity index (χ3n) is 3.02. The van der Waals surface area contributed by atoms with Gasteiger partial charge in [0.2, 0.25) is 10.0 Å². The van der Waals surface area contributed by atoms with Crippen LogP contribution in [0.2, 0.25) is 0 Å². The number of amides is 1. The monoisotopic (exact) mass is 358 g/mol. The fraction of sp³-hybridized carbons (Fsp3) is 0.467. The highest BCUT2D eigenvalue weighted by molar-refractivity contribution is 7.89. The van der Waals surface area contributed by atoms with Crippen molar-refractivity contribution in [2.75, 3.05) is 13.7 Å². The molecule has 1 atom stereocenters. The number of esters is 1. The molecule has 0 unspecified atom stereocenters. The van der Waals surface area contributed by atoms with Gasteiger partial charge in [0.05, 0.1) is 12.0 Å². The summed E-state index contributed by atoms with van der Waals surface area (Å²) in [5.74, 6) is -1.13. The van der Waals surface area contributed by atoms with Gasteiger partial charge in [0.25, 0.3) is 5.91 Å². The zero-order valence-electron chi connectivity index (χ0n) is 13.8.